The van der Waals surface area contributed by atoms with Gasteiger partial charge >= 0.3 is 6.01 Å². The maximum absolute atomic E-state index is 5.13. The molecule has 1 aromatic carbocycles. The summed E-state index contributed by atoms with van der Waals surface area (Å²) in [5.74, 6) is 1.03. The van der Waals surface area contributed by atoms with E-state index in [2.05, 4.69) is 19.8 Å². The van der Waals surface area contributed by atoms with E-state index in [-0.39, 0.29) is 0 Å². The predicted molar refractivity (Wildman–Crippen MR) is 71.7 cm³/mol. The molecule has 2 heterocycles. The zero-order valence-corrected chi connectivity index (χ0v) is 10.8. The fourth-order valence-electron chi connectivity index (χ4n) is 1.48. The largest absolute Gasteiger partial charge is 0.480 e. The van der Waals surface area contributed by atoms with Gasteiger partial charge in [-0.3, -0.25) is 0 Å². The molecule has 0 aliphatic rings. The first-order valence-electron chi connectivity index (χ1n) is 5.52. The summed E-state index contributed by atoms with van der Waals surface area (Å²) < 4.78 is 14.2. The van der Waals surface area contributed by atoms with E-state index in [9.17, 15) is 0 Å². The summed E-state index contributed by atoms with van der Waals surface area (Å²) in [4.78, 5) is 5.04. The van der Waals surface area contributed by atoms with Crippen molar-refractivity contribution < 1.29 is 9.26 Å². The standard InChI is InChI=1S/C12H10N4O2S/c1-17-10-7-9(19-16-10)11-14-12(18-15-11)13-8-5-3-2-4-6-8/h2-7H,1H3,(H,13,14,15). The van der Waals surface area contributed by atoms with Gasteiger partial charge in [0.05, 0.1) is 12.0 Å². The third-order valence-electron chi connectivity index (χ3n) is 2.37. The van der Waals surface area contributed by atoms with E-state index < -0.39 is 0 Å². The molecule has 0 saturated heterocycles. The van der Waals surface area contributed by atoms with Gasteiger partial charge in [-0.2, -0.15) is 9.36 Å². The number of nitrogens with zero attached hydrogens (tertiary/aromatic N) is 3. The second kappa shape index (κ2) is 5.07. The SMILES string of the molecule is COc1cc(-c2noc(Nc3ccccc3)n2)sn1. The second-order valence-electron chi connectivity index (χ2n) is 3.65. The van der Waals surface area contributed by atoms with E-state index in [1.54, 1.807) is 13.2 Å². The van der Waals surface area contributed by atoms with E-state index in [4.69, 9.17) is 9.26 Å². The van der Waals surface area contributed by atoms with Crippen LogP contribution in [0.1, 0.15) is 0 Å². The molecule has 19 heavy (non-hydrogen) atoms. The minimum Gasteiger partial charge on any atom is -0.480 e. The number of para-hydroxylation sites is 1. The number of ether oxygens (including phenoxy) is 1. The Hall–Kier alpha value is -2.41. The Kier molecular flexibility index (Phi) is 3.11. The summed E-state index contributed by atoms with van der Waals surface area (Å²) in [5, 5.41) is 6.92. The van der Waals surface area contributed by atoms with Crippen molar-refractivity contribution in [3.05, 3.63) is 36.4 Å². The quantitative estimate of drug-likeness (QED) is 0.788. The van der Waals surface area contributed by atoms with Crippen LogP contribution in [0.2, 0.25) is 0 Å². The lowest BCUT2D eigenvalue weighted by atomic mass is 10.3. The summed E-state index contributed by atoms with van der Waals surface area (Å²) in [6.45, 7) is 0. The molecule has 6 nitrogen and oxygen atoms in total. The number of methoxy groups -OCH3 is 1. The Morgan fingerprint density at radius 3 is 2.84 bits per heavy atom. The van der Waals surface area contributed by atoms with Crippen LogP contribution in [0.25, 0.3) is 10.7 Å². The van der Waals surface area contributed by atoms with Crippen molar-refractivity contribution in [1.82, 2.24) is 14.5 Å². The van der Waals surface area contributed by atoms with Crippen molar-refractivity contribution >= 4 is 23.2 Å². The number of aromatic nitrogens is 3. The first-order valence-corrected chi connectivity index (χ1v) is 6.29. The molecule has 0 aliphatic heterocycles. The van der Waals surface area contributed by atoms with Crippen molar-refractivity contribution in [3.63, 3.8) is 0 Å². The Balaban J connectivity index is 1.79. The van der Waals surface area contributed by atoms with Gasteiger partial charge < -0.3 is 14.6 Å². The van der Waals surface area contributed by atoms with E-state index in [1.165, 1.54) is 11.5 Å². The number of hydrogen-bond donors (Lipinski definition) is 1. The van der Waals surface area contributed by atoms with Crippen molar-refractivity contribution in [2.75, 3.05) is 12.4 Å². The van der Waals surface area contributed by atoms with Gasteiger partial charge in [0.25, 0.3) is 0 Å². The second-order valence-corrected chi connectivity index (χ2v) is 4.45. The molecule has 96 valence electrons. The van der Waals surface area contributed by atoms with Gasteiger partial charge in [-0.25, -0.2) is 0 Å². The molecule has 0 unspecified atom stereocenters. The van der Waals surface area contributed by atoms with Gasteiger partial charge in [0.2, 0.25) is 11.7 Å². The highest BCUT2D eigenvalue weighted by Gasteiger charge is 2.12. The maximum Gasteiger partial charge on any atom is 0.326 e. The number of benzene rings is 1. The molecule has 0 atom stereocenters. The van der Waals surface area contributed by atoms with Gasteiger partial charge in [-0.15, -0.1) is 0 Å². The van der Waals surface area contributed by atoms with E-state index in [0.717, 1.165) is 10.6 Å². The highest BCUT2D eigenvalue weighted by molar-refractivity contribution is 7.09. The summed E-state index contributed by atoms with van der Waals surface area (Å²) in [7, 11) is 1.57. The summed E-state index contributed by atoms with van der Waals surface area (Å²) in [6, 6.07) is 11.7. The van der Waals surface area contributed by atoms with Crippen LogP contribution in [0.5, 0.6) is 5.88 Å². The maximum atomic E-state index is 5.13. The van der Waals surface area contributed by atoms with Crippen LogP contribution >= 0.6 is 11.5 Å². The average molecular weight is 274 g/mol. The van der Waals surface area contributed by atoms with Crippen LogP contribution in [0.15, 0.2) is 40.9 Å². The molecule has 0 aliphatic carbocycles. The molecule has 2 aromatic heterocycles. The van der Waals surface area contributed by atoms with Gasteiger partial charge in [0.15, 0.2) is 0 Å². The highest BCUT2D eigenvalue weighted by atomic mass is 32.1. The molecular weight excluding hydrogens is 264 g/mol. The van der Waals surface area contributed by atoms with Crippen LogP contribution in [-0.2, 0) is 0 Å². The van der Waals surface area contributed by atoms with E-state index in [0.29, 0.717) is 17.7 Å². The van der Waals surface area contributed by atoms with Crippen LogP contribution < -0.4 is 10.1 Å². The monoisotopic (exact) mass is 274 g/mol. The number of anilines is 2. The number of hydrogen-bond acceptors (Lipinski definition) is 7. The van der Waals surface area contributed by atoms with Crippen molar-refractivity contribution in [2.24, 2.45) is 0 Å². The number of nitrogens with one attached hydrogen (secondary N) is 1. The van der Waals surface area contributed by atoms with Crippen molar-refractivity contribution in [3.8, 4) is 16.6 Å². The summed E-state index contributed by atoms with van der Waals surface area (Å²) in [6.07, 6.45) is 0. The Labute approximate surface area is 113 Å². The molecule has 0 saturated carbocycles. The minimum atomic E-state index is 0.341. The molecule has 7 heteroatoms. The van der Waals surface area contributed by atoms with Crippen molar-refractivity contribution in [1.29, 1.82) is 0 Å². The summed E-state index contributed by atoms with van der Waals surface area (Å²) >= 11 is 1.26. The molecule has 0 radical (unpaired) electrons. The van der Waals surface area contributed by atoms with Crippen LogP contribution in [0, 0.1) is 0 Å². The fourth-order valence-corrected chi connectivity index (χ4v) is 2.11. The molecule has 3 aromatic rings. The number of rotatable bonds is 4. The molecular formula is C12H10N4O2S. The van der Waals surface area contributed by atoms with Gasteiger partial charge in [0, 0.05) is 11.8 Å². The lowest BCUT2D eigenvalue weighted by molar-refractivity contribution is 0.402. The molecule has 0 spiro atoms. The van der Waals surface area contributed by atoms with Gasteiger partial charge in [0.1, 0.15) is 0 Å². The van der Waals surface area contributed by atoms with Gasteiger partial charge in [-0.05, 0) is 23.7 Å². The Morgan fingerprint density at radius 2 is 2.11 bits per heavy atom. The average Bonchev–Trinajstić information content (AvgIpc) is 3.08. The van der Waals surface area contributed by atoms with Crippen LogP contribution in [-0.4, -0.2) is 21.6 Å². The normalized spacial score (nSPS) is 10.4. The zero-order valence-electron chi connectivity index (χ0n) is 10.0. The predicted octanol–water partition coefficient (Wildman–Crippen LogP) is 2.95. The molecule has 1 N–H and O–H groups in total. The lowest BCUT2D eigenvalue weighted by Gasteiger charge is -1.97. The first-order chi connectivity index (χ1) is 9.35. The zero-order chi connectivity index (χ0) is 13.1. The van der Waals surface area contributed by atoms with Crippen LogP contribution in [0.3, 0.4) is 0 Å². The molecule has 0 bridgehead atoms. The van der Waals surface area contributed by atoms with Gasteiger partial charge in [-0.1, -0.05) is 23.4 Å². The smallest absolute Gasteiger partial charge is 0.326 e. The molecule has 0 amide bonds. The van der Waals surface area contributed by atoms with Crippen LogP contribution in [0.4, 0.5) is 11.7 Å². The lowest BCUT2D eigenvalue weighted by Crippen LogP contribution is -1.89. The Bertz CT molecular complexity index is 665. The van der Waals surface area contributed by atoms with Crippen molar-refractivity contribution in [2.45, 2.75) is 0 Å². The first kappa shape index (κ1) is 11.7. The third kappa shape index (κ3) is 2.55. The summed E-state index contributed by atoms with van der Waals surface area (Å²) in [5.41, 5.74) is 0.889. The Morgan fingerprint density at radius 1 is 1.26 bits per heavy atom. The molecule has 0 fully saturated rings. The molecule has 3 rings (SSSR count). The third-order valence-corrected chi connectivity index (χ3v) is 3.14. The van der Waals surface area contributed by atoms with E-state index in [1.807, 2.05) is 30.3 Å². The van der Waals surface area contributed by atoms with E-state index >= 15 is 0 Å². The minimum absolute atomic E-state index is 0.341. The highest BCUT2D eigenvalue weighted by Crippen LogP contribution is 2.26. The fraction of sp³-hybridized carbons (Fsp3) is 0.0833. The topological polar surface area (TPSA) is 73.1 Å².